The van der Waals surface area contributed by atoms with E-state index in [0.29, 0.717) is 0 Å². The lowest BCUT2D eigenvalue weighted by molar-refractivity contribution is 0.00772. The number of benzene rings is 1. The predicted molar refractivity (Wildman–Crippen MR) is 75.2 cm³/mol. The maximum atomic E-state index is 13.6. The van der Waals surface area contributed by atoms with Gasteiger partial charge in [-0.1, -0.05) is 6.07 Å². The van der Waals surface area contributed by atoms with Gasteiger partial charge in [0.05, 0.1) is 12.7 Å². The first kappa shape index (κ1) is 15.9. The summed E-state index contributed by atoms with van der Waals surface area (Å²) in [6, 6.07) is 5.33. The van der Waals surface area contributed by atoms with Gasteiger partial charge in [-0.15, -0.1) is 0 Å². The van der Waals surface area contributed by atoms with E-state index in [1.54, 1.807) is 13.2 Å². The smallest absolute Gasteiger partial charge is 0.165 e. The molecule has 0 bridgehead atoms. The van der Waals surface area contributed by atoms with Gasteiger partial charge in [0, 0.05) is 13.2 Å². The molecule has 108 valence electrons. The minimum absolute atomic E-state index is 0.196. The van der Waals surface area contributed by atoms with Crippen LogP contribution >= 0.6 is 0 Å². The molecule has 0 aromatic heterocycles. The molecule has 4 heteroatoms. The van der Waals surface area contributed by atoms with E-state index in [2.05, 4.69) is 5.32 Å². The van der Waals surface area contributed by atoms with Gasteiger partial charge < -0.3 is 14.8 Å². The second-order valence-corrected chi connectivity index (χ2v) is 5.33. The maximum absolute atomic E-state index is 13.6. The lowest BCUT2D eigenvalue weighted by atomic mass is 9.94. The number of likely N-dealkylation sites (N-methyl/N-ethyl adjacent to an activating group) is 1. The van der Waals surface area contributed by atoms with Gasteiger partial charge in [0.15, 0.2) is 11.6 Å². The van der Waals surface area contributed by atoms with E-state index in [9.17, 15) is 4.39 Å². The summed E-state index contributed by atoms with van der Waals surface area (Å²) in [4.78, 5) is 0. The third-order valence-electron chi connectivity index (χ3n) is 3.40. The molecule has 0 aliphatic heterocycles. The van der Waals surface area contributed by atoms with E-state index < -0.39 is 0 Å². The van der Waals surface area contributed by atoms with Gasteiger partial charge in [0.25, 0.3) is 0 Å². The number of hydrogen-bond acceptors (Lipinski definition) is 3. The van der Waals surface area contributed by atoms with Crippen molar-refractivity contribution < 1.29 is 13.9 Å². The molecule has 0 aliphatic rings. The minimum Gasteiger partial charge on any atom is -0.494 e. The fourth-order valence-corrected chi connectivity index (χ4v) is 2.07. The van der Waals surface area contributed by atoms with E-state index in [1.165, 1.54) is 13.2 Å². The standard InChI is InChI=1S/C15H24FNO2/c1-15(2,19-5)10-12(17-3)8-11-6-7-14(18-4)13(16)9-11/h6-7,9,12,17H,8,10H2,1-5H3. The van der Waals surface area contributed by atoms with Gasteiger partial charge in [-0.2, -0.15) is 0 Å². The Kier molecular flexibility index (Phi) is 5.76. The fraction of sp³-hybridized carbons (Fsp3) is 0.600. The van der Waals surface area contributed by atoms with E-state index in [1.807, 2.05) is 27.0 Å². The second-order valence-electron chi connectivity index (χ2n) is 5.33. The highest BCUT2D eigenvalue weighted by Crippen LogP contribution is 2.21. The average molecular weight is 269 g/mol. The molecule has 1 rings (SSSR count). The Bertz CT molecular complexity index is 407. The van der Waals surface area contributed by atoms with Crippen molar-refractivity contribution >= 4 is 0 Å². The van der Waals surface area contributed by atoms with Crippen LogP contribution in [0.15, 0.2) is 18.2 Å². The molecule has 1 atom stereocenters. The molecule has 19 heavy (non-hydrogen) atoms. The van der Waals surface area contributed by atoms with Crippen molar-refractivity contribution in [3.8, 4) is 5.75 Å². The Morgan fingerprint density at radius 1 is 1.32 bits per heavy atom. The predicted octanol–water partition coefficient (Wildman–Crippen LogP) is 2.78. The van der Waals surface area contributed by atoms with Crippen molar-refractivity contribution in [1.29, 1.82) is 0 Å². The summed E-state index contributed by atoms with van der Waals surface area (Å²) < 4.78 is 24.0. The third kappa shape index (κ3) is 4.80. The average Bonchev–Trinajstić information content (AvgIpc) is 2.38. The molecule has 3 nitrogen and oxygen atoms in total. The van der Waals surface area contributed by atoms with Crippen LogP contribution in [0.25, 0.3) is 0 Å². The summed E-state index contributed by atoms with van der Waals surface area (Å²) in [6.07, 6.45) is 1.61. The normalized spacial score (nSPS) is 13.4. The van der Waals surface area contributed by atoms with Gasteiger partial charge in [-0.3, -0.25) is 0 Å². The molecule has 0 aliphatic carbocycles. The summed E-state index contributed by atoms with van der Waals surface area (Å²) in [6.45, 7) is 4.10. The lowest BCUT2D eigenvalue weighted by Crippen LogP contribution is -2.37. The minimum atomic E-state index is -0.319. The zero-order valence-corrected chi connectivity index (χ0v) is 12.4. The molecule has 1 unspecified atom stereocenters. The van der Waals surface area contributed by atoms with Gasteiger partial charge in [-0.25, -0.2) is 4.39 Å². The van der Waals surface area contributed by atoms with Crippen molar-refractivity contribution in [1.82, 2.24) is 5.32 Å². The summed E-state index contributed by atoms with van der Waals surface area (Å²) in [5.41, 5.74) is 0.753. The number of nitrogens with one attached hydrogen (secondary N) is 1. The number of rotatable bonds is 7. The molecule has 1 N–H and O–H groups in total. The van der Waals surface area contributed by atoms with Crippen LogP contribution in [0.5, 0.6) is 5.75 Å². The summed E-state index contributed by atoms with van der Waals surface area (Å²) in [5.74, 6) is -0.0390. The molecule has 1 aromatic rings. The molecule has 1 aromatic carbocycles. The maximum Gasteiger partial charge on any atom is 0.165 e. The van der Waals surface area contributed by atoms with E-state index in [-0.39, 0.29) is 23.2 Å². The first-order valence-corrected chi connectivity index (χ1v) is 6.46. The van der Waals surface area contributed by atoms with Crippen LogP contribution in [0.2, 0.25) is 0 Å². The molecular weight excluding hydrogens is 245 g/mol. The Labute approximate surface area is 115 Å². The van der Waals surface area contributed by atoms with Crippen molar-refractivity contribution in [2.24, 2.45) is 0 Å². The van der Waals surface area contributed by atoms with E-state index >= 15 is 0 Å². The van der Waals surface area contributed by atoms with Crippen LogP contribution in [0.3, 0.4) is 0 Å². The molecule has 0 radical (unpaired) electrons. The first-order chi connectivity index (χ1) is 8.91. The van der Waals surface area contributed by atoms with Crippen LogP contribution in [-0.2, 0) is 11.2 Å². The van der Waals surface area contributed by atoms with Gasteiger partial charge in [0.2, 0.25) is 0 Å². The van der Waals surface area contributed by atoms with Crippen LogP contribution in [0.1, 0.15) is 25.8 Å². The Balaban J connectivity index is 2.73. The molecule has 0 amide bonds. The number of ether oxygens (including phenoxy) is 2. The Hall–Kier alpha value is -1.13. The Morgan fingerprint density at radius 3 is 2.47 bits per heavy atom. The summed E-state index contributed by atoms with van der Waals surface area (Å²) in [5, 5.41) is 3.26. The molecule has 0 spiro atoms. The number of halogens is 1. The molecule has 0 saturated heterocycles. The van der Waals surface area contributed by atoms with Crippen LogP contribution < -0.4 is 10.1 Å². The molecule has 0 heterocycles. The monoisotopic (exact) mass is 269 g/mol. The van der Waals surface area contributed by atoms with Crippen LogP contribution in [0, 0.1) is 5.82 Å². The highest BCUT2D eigenvalue weighted by atomic mass is 19.1. The third-order valence-corrected chi connectivity index (χ3v) is 3.40. The lowest BCUT2D eigenvalue weighted by Gasteiger charge is -2.28. The summed E-state index contributed by atoms with van der Waals surface area (Å²) in [7, 11) is 5.09. The largest absolute Gasteiger partial charge is 0.494 e. The topological polar surface area (TPSA) is 30.5 Å². The van der Waals surface area contributed by atoms with Crippen molar-refractivity contribution in [3.63, 3.8) is 0 Å². The van der Waals surface area contributed by atoms with Crippen molar-refractivity contribution in [2.45, 2.75) is 38.3 Å². The number of hydrogen-bond donors (Lipinski definition) is 1. The quantitative estimate of drug-likeness (QED) is 0.825. The molecular formula is C15H24FNO2. The van der Waals surface area contributed by atoms with E-state index in [4.69, 9.17) is 9.47 Å². The van der Waals surface area contributed by atoms with Crippen LogP contribution in [0.4, 0.5) is 4.39 Å². The van der Waals surface area contributed by atoms with Crippen LogP contribution in [-0.4, -0.2) is 32.9 Å². The fourth-order valence-electron chi connectivity index (χ4n) is 2.07. The molecule has 0 saturated carbocycles. The van der Waals surface area contributed by atoms with Gasteiger partial charge >= 0.3 is 0 Å². The van der Waals surface area contributed by atoms with Crippen molar-refractivity contribution in [3.05, 3.63) is 29.6 Å². The van der Waals surface area contributed by atoms with Gasteiger partial charge in [0.1, 0.15) is 0 Å². The zero-order chi connectivity index (χ0) is 14.5. The van der Waals surface area contributed by atoms with E-state index in [0.717, 1.165) is 18.4 Å². The summed E-state index contributed by atoms with van der Waals surface area (Å²) >= 11 is 0. The first-order valence-electron chi connectivity index (χ1n) is 6.46. The van der Waals surface area contributed by atoms with Crippen molar-refractivity contribution in [2.75, 3.05) is 21.3 Å². The Morgan fingerprint density at radius 2 is 2.00 bits per heavy atom. The van der Waals surface area contributed by atoms with Gasteiger partial charge in [-0.05, 0) is 51.4 Å². The second kappa shape index (κ2) is 6.87. The SMILES string of the molecule is CNC(Cc1ccc(OC)c(F)c1)CC(C)(C)OC. The highest BCUT2D eigenvalue weighted by molar-refractivity contribution is 5.29. The molecule has 0 fully saturated rings. The number of methoxy groups -OCH3 is 2. The highest BCUT2D eigenvalue weighted by Gasteiger charge is 2.22. The zero-order valence-electron chi connectivity index (χ0n) is 12.4.